The molecule has 0 saturated heterocycles. The smallest absolute Gasteiger partial charge is 0.335 e. The second-order valence-corrected chi connectivity index (χ2v) is 13.8. The van der Waals surface area contributed by atoms with Gasteiger partial charge in [-0.3, -0.25) is 0 Å². The minimum absolute atomic E-state index is 0.155. The first kappa shape index (κ1) is 26.5. The lowest BCUT2D eigenvalue weighted by atomic mass is 9.81. The highest BCUT2D eigenvalue weighted by Gasteiger charge is 2.63. The number of nitrogens with zero attached hydrogens (tertiary/aromatic N) is 3. The van der Waals surface area contributed by atoms with Gasteiger partial charge >= 0.3 is 5.97 Å². The number of fused-ring (bicyclic) bond motifs is 7. The lowest BCUT2D eigenvalue weighted by molar-refractivity contribution is 0.0697. The Morgan fingerprint density at radius 1 is 1.10 bits per heavy atom. The second kappa shape index (κ2) is 10.1. The third-order valence-electron chi connectivity index (χ3n) is 9.20. The molecule has 2 heterocycles. The van der Waals surface area contributed by atoms with Crippen LogP contribution in [0.1, 0.15) is 71.8 Å². The van der Waals surface area contributed by atoms with Gasteiger partial charge in [-0.25, -0.2) is 13.3 Å². The molecule has 2 saturated carbocycles. The van der Waals surface area contributed by atoms with Gasteiger partial charge in [-0.15, -0.1) is 0 Å². The van der Waals surface area contributed by atoms with Crippen molar-refractivity contribution < 1.29 is 18.8 Å². The molecule has 208 valence electrons. The molecule has 1 N–H and O–H groups in total. The van der Waals surface area contributed by atoms with Crippen LogP contribution in [-0.4, -0.2) is 75.1 Å². The zero-order chi connectivity index (χ0) is 27.5. The van der Waals surface area contributed by atoms with Crippen molar-refractivity contribution in [3.8, 4) is 17.0 Å². The Labute approximate surface area is 233 Å². The van der Waals surface area contributed by atoms with Crippen LogP contribution in [0.5, 0.6) is 5.75 Å². The van der Waals surface area contributed by atoms with E-state index in [1.807, 2.05) is 43.6 Å². The number of carbonyl (C=O) groups is 1. The number of aromatic nitrogens is 1. The van der Waals surface area contributed by atoms with Crippen molar-refractivity contribution in [2.75, 3.05) is 41.3 Å². The van der Waals surface area contributed by atoms with Gasteiger partial charge in [0.15, 0.2) is 0 Å². The molecule has 1 aromatic heterocycles. The van der Waals surface area contributed by atoms with Crippen LogP contribution < -0.4 is 4.74 Å². The molecule has 0 radical (unpaired) electrons. The predicted molar refractivity (Wildman–Crippen MR) is 156 cm³/mol. The summed E-state index contributed by atoms with van der Waals surface area (Å²) in [6, 6.07) is 12.0. The summed E-state index contributed by atoms with van der Waals surface area (Å²) >= 11 is 0. The largest absolute Gasteiger partial charge is 0.497 e. The van der Waals surface area contributed by atoms with E-state index in [2.05, 4.69) is 21.6 Å². The van der Waals surface area contributed by atoms with Crippen LogP contribution in [-0.2, 0) is 17.5 Å². The highest BCUT2D eigenvalue weighted by Crippen LogP contribution is 2.63. The van der Waals surface area contributed by atoms with Crippen LogP contribution in [0.4, 0.5) is 0 Å². The number of carboxylic acid groups (broad SMARTS) is 1. The normalized spacial score (nSPS) is 23.3. The zero-order valence-electron chi connectivity index (χ0n) is 23.4. The zero-order valence-corrected chi connectivity index (χ0v) is 24.2. The van der Waals surface area contributed by atoms with Crippen molar-refractivity contribution in [3.05, 3.63) is 53.1 Å². The highest BCUT2D eigenvalue weighted by atomic mass is 32.2. The molecule has 2 aliphatic carbocycles. The third kappa shape index (κ3) is 4.41. The number of hydrogen-bond acceptors (Lipinski definition) is 4. The van der Waals surface area contributed by atoms with E-state index >= 15 is 0 Å². The Kier molecular flexibility index (Phi) is 6.84. The highest BCUT2D eigenvalue weighted by molar-refractivity contribution is 7.84. The molecular weight excluding hydrogens is 510 g/mol. The van der Waals surface area contributed by atoms with Crippen molar-refractivity contribution in [2.45, 2.75) is 61.7 Å². The molecule has 3 aliphatic rings. The van der Waals surface area contributed by atoms with Gasteiger partial charge < -0.3 is 19.3 Å². The SMILES string of the molecule is COc1ccc2c(c1)C1CC1(S(=O)N(C)CCN(C)C)Cn1c-2c(C2CCCCC2)c2ccc(C(=O)O)cc21. The van der Waals surface area contributed by atoms with Crippen molar-refractivity contribution >= 4 is 27.9 Å². The van der Waals surface area contributed by atoms with Gasteiger partial charge in [0.05, 0.1) is 23.1 Å². The molecule has 0 amide bonds. The Morgan fingerprint density at radius 2 is 1.87 bits per heavy atom. The van der Waals surface area contributed by atoms with Gasteiger partial charge in [0.25, 0.3) is 0 Å². The van der Waals surface area contributed by atoms with E-state index in [9.17, 15) is 14.1 Å². The third-order valence-corrected chi connectivity index (χ3v) is 11.2. The molecule has 2 fully saturated rings. The summed E-state index contributed by atoms with van der Waals surface area (Å²) in [6.45, 7) is 2.16. The van der Waals surface area contributed by atoms with E-state index in [1.165, 1.54) is 41.6 Å². The van der Waals surface area contributed by atoms with E-state index in [-0.39, 0.29) is 5.92 Å². The van der Waals surface area contributed by atoms with Crippen LogP contribution in [0, 0.1) is 0 Å². The van der Waals surface area contributed by atoms with Gasteiger partial charge in [-0.2, -0.15) is 0 Å². The molecule has 3 atom stereocenters. The quantitative estimate of drug-likeness (QED) is 0.404. The monoisotopic (exact) mass is 549 g/mol. The van der Waals surface area contributed by atoms with Gasteiger partial charge in [-0.1, -0.05) is 25.3 Å². The molecule has 8 heteroatoms. The standard InChI is InChI=1S/C31H39N3O4S/c1-32(2)14-15-33(3)39(37)31-18-26(31)25-17-22(38-4)11-13-23(25)29-28(20-8-6-5-7-9-20)24-12-10-21(30(35)36)16-27(24)34(29)19-31/h10-13,16-17,20,26H,5-9,14-15,18-19H2,1-4H3,(H,35,36). The molecule has 2 aromatic carbocycles. The van der Waals surface area contributed by atoms with Crippen LogP contribution in [0.25, 0.3) is 22.2 Å². The molecule has 0 spiro atoms. The molecule has 0 bridgehead atoms. The summed E-state index contributed by atoms with van der Waals surface area (Å²) in [5, 5.41) is 11.0. The van der Waals surface area contributed by atoms with E-state index in [0.717, 1.165) is 49.0 Å². The van der Waals surface area contributed by atoms with Gasteiger partial charge in [-0.05, 0) is 87.8 Å². The van der Waals surface area contributed by atoms with Gasteiger partial charge in [0.2, 0.25) is 0 Å². The maximum Gasteiger partial charge on any atom is 0.335 e. The average Bonchev–Trinajstić information content (AvgIpc) is 3.61. The second-order valence-electron chi connectivity index (χ2n) is 11.9. The van der Waals surface area contributed by atoms with E-state index < -0.39 is 21.7 Å². The van der Waals surface area contributed by atoms with Crippen LogP contribution in [0.3, 0.4) is 0 Å². The van der Waals surface area contributed by atoms with Gasteiger partial charge in [0, 0.05) is 42.0 Å². The summed E-state index contributed by atoms with van der Waals surface area (Å²) in [4.78, 5) is 14.2. The first-order valence-electron chi connectivity index (χ1n) is 14.1. The molecular formula is C31H39N3O4S. The van der Waals surface area contributed by atoms with E-state index in [4.69, 9.17) is 4.74 Å². The Morgan fingerprint density at radius 3 is 2.56 bits per heavy atom. The summed E-state index contributed by atoms with van der Waals surface area (Å²) in [6.07, 6.45) is 6.82. The van der Waals surface area contributed by atoms with E-state index in [0.29, 0.717) is 18.0 Å². The van der Waals surface area contributed by atoms with Crippen molar-refractivity contribution in [3.63, 3.8) is 0 Å². The first-order valence-corrected chi connectivity index (χ1v) is 15.2. The fourth-order valence-corrected chi connectivity index (χ4v) is 8.83. The number of ether oxygens (including phenoxy) is 1. The lowest BCUT2D eigenvalue weighted by Crippen LogP contribution is -2.39. The number of hydrogen-bond donors (Lipinski definition) is 1. The summed E-state index contributed by atoms with van der Waals surface area (Å²) in [7, 11) is 6.52. The number of methoxy groups -OCH3 is 1. The predicted octanol–water partition coefficient (Wildman–Crippen LogP) is 5.46. The fourth-order valence-electron chi connectivity index (χ4n) is 7.04. The molecule has 1 aliphatic heterocycles. The number of aromatic carboxylic acids is 1. The van der Waals surface area contributed by atoms with Gasteiger partial charge in [0.1, 0.15) is 16.7 Å². The Balaban J connectivity index is 1.59. The van der Waals surface area contributed by atoms with Crippen LogP contribution in [0.2, 0.25) is 0 Å². The molecule has 7 nitrogen and oxygen atoms in total. The van der Waals surface area contributed by atoms with Crippen molar-refractivity contribution in [1.29, 1.82) is 0 Å². The van der Waals surface area contributed by atoms with Crippen LogP contribution in [0.15, 0.2) is 36.4 Å². The first-order chi connectivity index (χ1) is 18.7. The van der Waals surface area contributed by atoms with Crippen molar-refractivity contribution in [1.82, 2.24) is 13.8 Å². The van der Waals surface area contributed by atoms with Crippen molar-refractivity contribution in [2.24, 2.45) is 0 Å². The Hall–Kier alpha value is -2.68. The van der Waals surface area contributed by atoms with E-state index in [1.54, 1.807) is 13.2 Å². The fraction of sp³-hybridized carbons (Fsp3) is 0.516. The minimum atomic E-state index is -1.22. The maximum atomic E-state index is 14.3. The number of likely N-dealkylation sites (N-methyl/N-ethyl adjacent to an activating group) is 2. The summed E-state index contributed by atoms with van der Waals surface area (Å²) in [5.74, 6) is 0.485. The molecule has 3 aromatic rings. The summed E-state index contributed by atoms with van der Waals surface area (Å²) in [5.41, 5.74) is 6.17. The number of carboxylic acids is 1. The molecule has 6 rings (SSSR count). The average molecular weight is 550 g/mol. The Bertz CT molecular complexity index is 1460. The van der Waals surface area contributed by atoms with Crippen LogP contribution >= 0.6 is 0 Å². The lowest BCUT2D eigenvalue weighted by Gasteiger charge is -2.26. The number of rotatable bonds is 8. The molecule has 3 unspecified atom stereocenters. The summed E-state index contributed by atoms with van der Waals surface area (Å²) < 4.78 is 23.9. The number of benzene rings is 2. The minimum Gasteiger partial charge on any atom is -0.497 e. The topological polar surface area (TPSA) is 75.0 Å². The molecule has 39 heavy (non-hydrogen) atoms. The maximum absolute atomic E-state index is 14.3.